The molecule has 2 saturated heterocycles. The van der Waals surface area contributed by atoms with Gasteiger partial charge in [-0.05, 0) is 74.4 Å². The molecule has 0 spiro atoms. The number of fused-ring (bicyclic) bond motifs is 5. The quantitative estimate of drug-likeness (QED) is 0.123. The monoisotopic (exact) mass is 832 g/mol. The van der Waals surface area contributed by atoms with Gasteiger partial charge in [0, 0.05) is 49.2 Å². The van der Waals surface area contributed by atoms with Crippen LogP contribution in [-0.4, -0.2) is 74.2 Å². The average Bonchev–Trinajstić information content (AvgIpc) is 3.90. The second-order valence-corrected chi connectivity index (χ2v) is 24.2. The lowest BCUT2D eigenvalue weighted by molar-refractivity contribution is -0.135. The molecule has 59 heavy (non-hydrogen) atoms. The Morgan fingerprint density at radius 2 is 1.75 bits per heavy atom. The number of aromatic amines is 2. The van der Waals surface area contributed by atoms with E-state index >= 15 is 4.39 Å². The van der Waals surface area contributed by atoms with Crippen LogP contribution in [0, 0.1) is 11.7 Å². The van der Waals surface area contributed by atoms with Crippen LogP contribution >= 0.6 is 11.3 Å². The maximum Gasteiger partial charge on any atom is 0.407 e. The van der Waals surface area contributed by atoms with E-state index in [-0.39, 0.29) is 17.9 Å². The number of alkyl carbamates (subject to hydrolysis) is 1. The Balaban J connectivity index is 0.992. The molecule has 0 bridgehead atoms. The second-order valence-electron chi connectivity index (χ2n) is 17.9. The SMILES string of the molecule is COC(=O)N[C@H](C(=O)N1CCC[C@H]1c1ncc(-c2cc(F)c3c(c2)O[C@@H](c2cnc(C4CC4)s2)n2c-3cc3cc(-c4cnc([C@H]5CC[Si](C)(C)C5)[nH]4)ccc32)[nH]1)C(C)C. The van der Waals surface area contributed by atoms with Crippen molar-refractivity contribution in [2.45, 2.75) is 101 Å². The Labute approximate surface area is 347 Å². The van der Waals surface area contributed by atoms with Crippen LogP contribution in [0.15, 0.2) is 55.0 Å². The van der Waals surface area contributed by atoms with Crippen LogP contribution in [0.25, 0.3) is 44.7 Å². The Bertz CT molecular complexity index is 2610. The standard InChI is InChI=1S/C44H49FN8O4SSi/c1-23(2)38(51-44(55)56-3)42(54)52-13-6-7-33(52)40-47-20-31(50-40)27-16-29(45)37-34-17-28-15-25(30-19-46-39(49-30)26-12-14-59(4,5)22-26)10-11-32(28)53(34)43(57-35(37)18-27)36-21-48-41(58-36)24-8-9-24/h10-11,15-21,23-24,26,33,38,43H,6-9,12-14,22H2,1-5H3,(H,46,49)(H,47,50)(H,51,55)/t26-,33-,38-,43-/m0/s1. The van der Waals surface area contributed by atoms with Crippen molar-refractivity contribution >= 4 is 42.3 Å². The summed E-state index contributed by atoms with van der Waals surface area (Å²) < 4.78 is 30.5. The molecule has 306 valence electrons. The van der Waals surface area contributed by atoms with Crippen LogP contribution in [0.2, 0.25) is 25.2 Å². The minimum Gasteiger partial charge on any atom is -0.464 e. The maximum atomic E-state index is 16.8. The highest BCUT2D eigenvalue weighted by atomic mass is 32.1. The number of ether oxygens (including phenoxy) is 2. The first kappa shape index (κ1) is 38.0. The van der Waals surface area contributed by atoms with E-state index in [9.17, 15) is 9.59 Å². The van der Waals surface area contributed by atoms with Crippen molar-refractivity contribution in [1.82, 2.24) is 39.7 Å². The minimum atomic E-state index is -1.15. The summed E-state index contributed by atoms with van der Waals surface area (Å²) in [5, 5.41) is 4.79. The molecule has 6 aromatic rings. The molecule has 4 aromatic heterocycles. The lowest BCUT2D eigenvalue weighted by atomic mass is 10.0. The third-order valence-corrected chi connectivity index (χ3v) is 17.2. The Morgan fingerprint density at radius 3 is 2.49 bits per heavy atom. The van der Waals surface area contributed by atoms with Gasteiger partial charge in [0.05, 0.1) is 63.6 Å². The number of H-pyrrole nitrogens is 2. The number of imidazole rings is 2. The van der Waals surface area contributed by atoms with Gasteiger partial charge in [-0.15, -0.1) is 11.3 Å². The summed E-state index contributed by atoms with van der Waals surface area (Å²) in [5.74, 6) is 2.36. The van der Waals surface area contributed by atoms with Crippen molar-refractivity contribution in [3.63, 3.8) is 0 Å². The summed E-state index contributed by atoms with van der Waals surface area (Å²) in [4.78, 5) is 50.0. The Hall–Kier alpha value is -5.28. The molecule has 1 saturated carbocycles. The molecule has 1 aliphatic carbocycles. The number of likely N-dealkylation sites (tertiary alicyclic amines) is 1. The first-order valence-corrected chi connectivity index (χ1v) is 25.0. The topological polar surface area (TPSA) is 143 Å². The van der Waals surface area contributed by atoms with Gasteiger partial charge >= 0.3 is 6.09 Å². The lowest BCUT2D eigenvalue weighted by Gasteiger charge is -2.30. The summed E-state index contributed by atoms with van der Waals surface area (Å²) >= 11 is 1.67. The molecular weight excluding hydrogens is 784 g/mol. The van der Waals surface area contributed by atoms with Gasteiger partial charge in [-0.1, -0.05) is 39.1 Å². The average molecular weight is 833 g/mol. The minimum absolute atomic E-state index is 0.150. The molecule has 3 N–H and O–H groups in total. The van der Waals surface area contributed by atoms with Gasteiger partial charge in [-0.3, -0.25) is 9.36 Å². The fraction of sp³-hybridized carbons (Fsp3) is 0.432. The number of hydrogen-bond acceptors (Lipinski definition) is 8. The summed E-state index contributed by atoms with van der Waals surface area (Å²) in [6, 6.07) is 13.4. The number of halogens is 1. The molecular formula is C44H49FN8O4SSi. The van der Waals surface area contributed by atoms with Crippen LogP contribution in [-0.2, 0) is 9.53 Å². The van der Waals surface area contributed by atoms with Crippen molar-refractivity contribution in [2.24, 2.45) is 5.92 Å². The van der Waals surface area contributed by atoms with E-state index in [1.807, 2.05) is 32.3 Å². The zero-order valence-corrected chi connectivity index (χ0v) is 35.8. The highest BCUT2D eigenvalue weighted by Gasteiger charge is 2.39. The summed E-state index contributed by atoms with van der Waals surface area (Å²) in [7, 11) is 0.127. The fourth-order valence-corrected chi connectivity index (χ4v) is 13.6. The van der Waals surface area contributed by atoms with E-state index in [4.69, 9.17) is 24.4 Å². The van der Waals surface area contributed by atoms with Gasteiger partial charge in [-0.25, -0.2) is 24.1 Å². The molecule has 4 atom stereocenters. The van der Waals surface area contributed by atoms with Gasteiger partial charge < -0.3 is 29.7 Å². The number of hydrogen-bond donors (Lipinski definition) is 3. The third-order valence-electron chi connectivity index (χ3n) is 12.7. The zero-order chi connectivity index (χ0) is 40.7. The predicted octanol–water partition coefficient (Wildman–Crippen LogP) is 9.74. The number of carbonyl (C=O) groups excluding carboxylic acids is 2. The van der Waals surface area contributed by atoms with Gasteiger partial charge in [0.25, 0.3) is 0 Å². The molecule has 7 heterocycles. The van der Waals surface area contributed by atoms with Gasteiger partial charge in [0.1, 0.15) is 29.3 Å². The van der Waals surface area contributed by atoms with Crippen LogP contribution in [0.5, 0.6) is 5.75 Å². The van der Waals surface area contributed by atoms with E-state index in [2.05, 4.69) is 57.2 Å². The number of nitrogens with one attached hydrogen (secondary N) is 3. The van der Waals surface area contributed by atoms with Crippen molar-refractivity contribution in [1.29, 1.82) is 0 Å². The number of benzene rings is 2. The number of rotatable bonds is 9. The van der Waals surface area contributed by atoms with E-state index < -0.39 is 32.3 Å². The second kappa shape index (κ2) is 14.5. The summed E-state index contributed by atoms with van der Waals surface area (Å²) in [6.07, 6.45) is 9.34. The number of methoxy groups -OCH3 is 1. The van der Waals surface area contributed by atoms with Crippen molar-refractivity contribution in [3.8, 4) is 39.5 Å². The molecule has 15 heteroatoms. The number of nitrogens with zero attached hydrogens (tertiary/aromatic N) is 5. The normalized spacial score (nSPS) is 21.4. The van der Waals surface area contributed by atoms with Crippen LogP contribution in [0.4, 0.5) is 9.18 Å². The number of thiazole rings is 1. The van der Waals surface area contributed by atoms with Crippen LogP contribution < -0.4 is 10.1 Å². The van der Waals surface area contributed by atoms with Crippen molar-refractivity contribution < 1.29 is 23.5 Å². The number of carbonyl (C=O) groups is 2. The first-order chi connectivity index (χ1) is 28.4. The molecule has 12 nitrogen and oxygen atoms in total. The highest BCUT2D eigenvalue weighted by molar-refractivity contribution is 7.11. The first-order valence-electron chi connectivity index (χ1n) is 20.8. The van der Waals surface area contributed by atoms with E-state index in [1.165, 1.54) is 31.7 Å². The van der Waals surface area contributed by atoms with Crippen LogP contribution in [0.1, 0.15) is 91.6 Å². The maximum absolute atomic E-state index is 16.8. The molecule has 2 aromatic carbocycles. The smallest absolute Gasteiger partial charge is 0.407 e. The van der Waals surface area contributed by atoms with Crippen LogP contribution in [0.3, 0.4) is 0 Å². The number of amides is 2. The molecule has 10 rings (SSSR count). The molecule has 0 unspecified atom stereocenters. The highest BCUT2D eigenvalue weighted by Crippen LogP contribution is 2.50. The van der Waals surface area contributed by atoms with Crippen molar-refractivity contribution in [3.05, 3.63) is 82.3 Å². The Kier molecular flexibility index (Phi) is 9.31. The molecule has 3 aliphatic heterocycles. The molecule has 0 radical (unpaired) electrons. The van der Waals surface area contributed by atoms with Gasteiger partial charge in [0.15, 0.2) is 0 Å². The van der Waals surface area contributed by atoms with E-state index in [1.54, 1.807) is 22.4 Å². The molecule has 4 aliphatic rings. The lowest BCUT2D eigenvalue weighted by Crippen LogP contribution is -2.51. The van der Waals surface area contributed by atoms with Gasteiger partial charge in [-0.2, -0.15) is 0 Å². The number of aromatic nitrogens is 6. The molecule has 2 amide bonds. The predicted molar refractivity (Wildman–Crippen MR) is 228 cm³/mol. The largest absolute Gasteiger partial charge is 0.464 e. The Morgan fingerprint density at radius 1 is 0.966 bits per heavy atom. The third kappa shape index (κ3) is 6.85. The van der Waals surface area contributed by atoms with E-state index in [0.29, 0.717) is 53.2 Å². The van der Waals surface area contributed by atoms with E-state index in [0.717, 1.165) is 62.8 Å². The molecule has 3 fully saturated rings. The summed E-state index contributed by atoms with van der Waals surface area (Å²) in [6.45, 7) is 9.25. The van der Waals surface area contributed by atoms with Gasteiger partial charge in [0.2, 0.25) is 12.1 Å². The fourth-order valence-electron chi connectivity index (χ4n) is 9.43. The van der Waals surface area contributed by atoms with Crippen molar-refractivity contribution in [2.75, 3.05) is 13.7 Å². The summed E-state index contributed by atoms with van der Waals surface area (Å²) in [5.41, 5.74) is 5.30. The zero-order valence-electron chi connectivity index (χ0n) is 34.0.